The first kappa shape index (κ1) is 12.9. The fraction of sp³-hybridized carbons (Fsp3) is 0.692. The standard InChI is InChI=1S/C13H23N3/c1-6-11-10(4)13(14-5)16-12(15-11)8-7-9(2)3/h9H,6-8H2,1-5H3,(H,14,15,16). The first-order valence-corrected chi connectivity index (χ1v) is 6.12. The molecule has 0 aromatic carbocycles. The summed E-state index contributed by atoms with van der Waals surface area (Å²) in [6, 6.07) is 0. The third-order valence-electron chi connectivity index (χ3n) is 2.81. The Labute approximate surface area is 98.7 Å². The van der Waals surface area contributed by atoms with Crippen LogP contribution in [0.3, 0.4) is 0 Å². The summed E-state index contributed by atoms with van der Waals surface area (Å²) >= 11 is 0. The first-order chi connectivity index (χ1) is 7.58. The van der Waals surface area contributed by atoms with Gasteiger partial charge in [-0.25, -0.2) is 9.97 Å². The molecule has 0 saturated carbocycles. The van der Waals surface area contributed by atoms with Crippen LogP contribution in [0.15, 0.2) is 0 Å². The molecule has 3 heteroatoms. The first-order valence-electron chi connectivity index (χ1n) is 6.12. The van der Waals surface area contributed by atoms with Gasteiger partial charge in [0.25, 0.3) is 0 Å². The van der Waals surface area contributed by atoms with Crippen molar-refractivity contribution in [3.63, 3.8) is 0 Å². The molecule has 3 nitrogen and oxygen atoms in total. The van der Waals surface area contributed by atoms with E-state index < -0.39 is 0 Å². The van der Waals surface area contributed by atoms with Crippen molar-refractivity contribution in [1.29, 1.82) is 0 Å². The van der Waals surface area contributed by atoms with Crippen LogP contribution in [-0.4, -0.2) is 17.0 Å². The van der Waals surface area contributed by atoms with Gasteiger partial charge in [0.05, 0.1) is 0 Å². The Morgan fingerprint density at radius 2 is 1.94 bits per heavy atom. The van der Waals surface area contributed by atoms with Crippen LogP contribution in [0, 0.1) is 12.8 Å². The summed E-state index contributed by atoms with van der Waals surface area (Å²) < 4.78 is 0. The van der Waals surface area contributed by atoms with Gasteiger partial charge in [0.1, 0.15) is 11.6 Å². The molecule has 0 aliphatic rings. The maximum absolute atomic E-state index is 4.62. The normalized spacial score (nSPS) is 10.9. The van der Waals surface area contributed by atoms with Crippen molar-refractivity contribution in [2.75, 3.05) is 12.4 Å². The lowest BCUT2D eigenvalue weighted by molar-refractivity contribution is 0.573. The highest BCUT2D eigenvalue weighted by molar-refractivity contribution is 5.45. The summed E-state index contributed by atoms with van der Waals surface area (Å²) in [4.78, 5) is 9.17. The van der Waals surface area contributed by atoms with Crippen LogP contribution in [0.1, 0.15) is 44.3 Å². The summed E-state index contributed by atoms with van der Waals surface area (Å²) in [7, 11) is 1.92. The molecule has 0 fully saturated rings. The number of hydrogen-bond acceptors (Lipinski definition) is 3. The highest BCUT2D eigenvalue weighted by Crippen LogP contribution is 2.16. The van der Waals surface area contributed by atoms with Crippen molar-refractivity contribution >= 4 is 5.82 Å². The van der Waals surface area contributed by atoms with Crippen molar-refractivity contribution in [2.24, 2.45) is 5.92 Å². The van der Waals surface area contributed by atoms with E-state index in [0.717, 1.165) is 36.6 Å². The van der Waals surface area contributed by atoms with Crippen LogP contribution in [-0.2, 0) is 12.8 Å². The summed E-state index contributed by atoms with van der Waals surface area (Å²) in [5.41, 5.74) is 2.34. The molecular weight excluding hydrogens is 198 g/mol. The third-order valence-corrected chi connectivity index (χ3v) is 2.81. The van der Waals surface area contributed by atoms with Gasteiger partial charge in [0, 0.05) is 24.7 Å². The average Bonchev–Trinajstić information content (AvgIpc) is 2.27. The molecular formula is C13H23N3. The van der Waals surface area contributed by atoms with Crippen LogP contribution in [0.5, 0.6) is 0 Å². The van der Waals surface area contributed by atoms with E-state index in [0.29, 0.717) is 5.92 Å². The Bertz CT molecular complexity index is 320. The van der Waals surface area contributed by atoms with E-state index in [1.54, 1.807) is 0 Å². The predicted molar refractivity (Wildman–Crippen MR) is 68.9 cm³/mol. The van der Waals surface area contributed by atoms with Crippen molar-refractivity contribution in [1.82, 2.24) is 9.97 Å². The summed E-state index contributed by atoms with van der Waals surface area (Å²) in [5, 5.41) is 3.15. The minimum absolute atomic E-state index is 0.702. The predicted octanol–water partition coefficient (Wildman–Crippen LogP) is 2.98. The van der Waals surface area contributed by atoms with E-state index >= 15 is 0 Å². The van der Waals surface area contributed by atoms with Gasteiger partial charge in [0.15, 0.2) is 0 Å². The lowest BCUT2D eigenvalue weighted by Gasteiger charge is -2.11. The number of nitrogens with zero attached hydrogens (tertiary/aromatic N) is 2. The number of aromatic nitrogens is 2. The Morgan fingerprint density at radius 1 is 1.25 bits per heavy atom. The van der Waals surface area contributed by atoms with Gasteiger partial charge in [-0.05, 0) is 25.7 Å². The maximum atomic E-state index is 4.62. The zero-order valence-corrected chi connectivity index (χ0v) is 11.1. The van der Waals surface area contributed by atoms with E-state index in [9.17, 15) is 0 Å². The second kappa shape index (κ2) is 5.83. The molecule has 0 atom stereocenters. The number of rotatable bonds is 5. The van der Waals surface area contributed by atoms with E-state index in [1.807, 2.05) is 7.05 Å². The summed E-state index contributed by atoms with van der Waals surface area (Å²) in [5.74, 6) is 2.65. The van der Waals surface area contributed by atoms with Gasteiger partial charge in [0.2, 0.25) is 0 Å². The lowest BCUT2D eigenvalue weighted by atomic mass is 10.1. The third kappa shape index (κ3) is 3.19. The van der Waals surface area contributed by atoms with E-state index in [1.165, 1.54) is 5.56 Å². The van der Waals surface area contributed by atoms with Crippen LogP contribution >= 0.6 is 0 Å². The van der Waals surface area contributed by atoms with Crippen LogP contribution in [0.4, 0.5) is 5.82 Å². The zero-order valence-electron chi connectivity index (χ0n) is 11.1. The highest BCUT2D eigenvalue weighted by Gasteiger charge is 2.08. The largest absolute Gasteiger partial charge is 0.373 e. The second-order valence-corrected chi connectivity index (χ2v) is 4.60. The van der Waals surface area contributed by atoms with Crippen LogP contribution in [0.2, 0.25) is 0 Å². The minimum atomic E-state index is 0.702. The molecule has 16 heavy (non-hydrogen) atoms. The average molecular weight is 221 g/mol. The maximum Gasteiger partial charge on any atom is 0.132 e. The molecule has 0 saturated heterocycles. The van der Waals surface area contributed by atoms with E-state index in [2.05, 4.69) is 43.0 Å². The number of anilines is 1. The summed E-state index contributed by atoms with van der Waals surface area (Å²) in [6.45, 7) is 8.68. The molecule has 0 aliphatic heterocycles. The SMILES string of the molecule is CCc1nc(CCC(C)C)nc(NC)c1C. The van der Waals surface area contributed by atoms with Gasteiger partial charge in [-0.2, -0.15) is 0 Å². The van der Waals surface area contributed by atoms with Crippen molar-refractivity contribution < 1.29 is 0 Å². The fourth-order valence-electron chi connectivity index (χ4n) is 1.73. The van der Waals surface area contributed by atoms with Gasteiger partial charge in [-0.15, -0.1) is 0 Å². The molecule has 0 radical (unpaired) electrons. The zero-order chi connectivity index (χ0) is 12.1. The van der Waals surface area contributed by atoms with Gasteiger partial charge >= 0.3 is 0 Å². The topological polar surface area (TPSA) is 37.8 Å². The Hall–Kier alpha value is -1.12. The smallest absolute Gasteiger partial charge is 0.132 e. The van der Waals surface area contributed by atoms with Crippen molar-refractivity contribution in [3.8, 4) is 0 Å². The second-order valence-electron chi connectivity index (χ2n) is 4.60. The quantitative estimate of drug-likeness (QED) is 0.830. The molecule has 0 amide bonds. The molecule has 0 spiro atoms. The molecule has 1 rings (SSSR count). The summed E-state index contributed by atoms with van der Waals surface area (Å²) in [6.07, 6.45) is 3.09. The Kier molecular flexibility index (Phi) is 4.71. The number of hydrogen-bond donors (Lipinski definition) is 1. The molecule has 1 heterocycles. The Morgan fingerprint density at radius 3 is 2.44 bits per heavy atom. The molecule has 0 unspecified atom stereocenters. The molecule has 0 aliphatic carbocycles. The van der Waals surface area contributed by atoms with E-state index in [4.69, 9.17) is 0 Å². The monoisotopic (exact) mass is 221 g/mol. The Balaban J connectivity index is 2.93. The van der Waals surface area contributed by atoms with Gasteiger partial charge in [-0.1, -0.05) is 20.8 Å². The molecule has 1 N–H and O–H groups in total. The molecule has 1 aromatic heterocycles. The van der Waals surface area contributed by atoms with Gasteiger partial charge < -0.3 is 5.32 Å². The van der Waals surface area contributed by atoms with Crippen molar-refractivity contribution in [2.45, 2.75) is 47.0 Å². The van der Waals surface area contributed by atoms with E-state index in [-0.39, 0.29) is 0 Å². The number of nitrogens with one attached hydrogen (secondary N) is 1. The van der Waals surface area contributed by atoms with Crippen molar-refractivity contribution in [3.05, 3.63) is 17.1 Å². The molecule has 1 aromatic rings. The van der Waals surface area contributed by atoms with Crippen LogP contribution in [0.25, 0.3) is 0 Å². The minimum Gasteiger partial charge on any atom is -0.373 e. The molecule has 90 valence electrons. The highest BCUT2D eigenvalue weighted by atomic mass is 15.0. The molecule has 0 bridgehead atoms. The van der Waals surface area contributed by atoms with Gasteiger partial charge in [-0.3, -0.25) is 0 Å². The number of aryl methyl sites for hydroxylation is 2. The lowest BCUT2D eigenvalue weighted by Crippen LogP contribution is -2.07. The fourth-order valence-corrected chi connectivity index (χ4v) is 1.73. The van der Waals surface area contributed by atoms with Crippen LogP contribution < -0.4 is 5.32 Å².